The van der Waals surface area contributed by atoms with E-state index in [0.29, 0.717) is 6.08 Å². The molecule has 0 nitrogen and oxygen atoms in total. The summed E-state index contributed by atoms with van der Waals surface area (Å²) < 4.78 is 43.9. The third-order valence-corrected chi connectivity index (χ3v) is 0.438. The van der Waals surface area contributed by atoms with Crippen molar-refractivity contribution >= 4 is 0 Å². The fraction of sp³-hybridized carbons (Fsp3) is 0.500. The second-order valence-electron chi connectivity index (χ2n) is 1.18. The van der Waals surface area contributed by atoms with Gasteiger partial charge in [0, 0.05) is 0 Å². The first-order chi connectivity index (χ1) is 3.56. The van der Waals surface area contributed by atoms with Crippen molar-refractivity contribution in [3.63, 3.8) is 0 Å². The van der Waals surface area contributed by atoms with E-state index in [9.17, 15) is 17.6 Å². The Bertz CT molecular complexity index is 80.5. The van der Waals surface area contributed by atoms with Gasteiger partial charge >= 0.3 is 6.18 Å². The zero-order chi connectivity index (χ0) is 6.62. The first-order valence-corrected chi connectivity index (χ1v) is 1.88. The second-order valence-corrected chi connectivity index (χ2v) is 1.18. The topological polar surface area (TPSA) is 0 Å². The van der Waals surface area contributed by atoms with E-state index in [-0.39, 0.29) is 6.33 Å². The average molecular weight is 128 g/mol. The maximum atomic E-state index is 11.0. The molecule has 0 aliphatic carbocycles. The van der Waals surface area contributed by atoms with E-state index in [0.717, 1.165) is 0 Å². The lowest BCUT2D eigenvalue weighted by atomic mass is 10.4. The van der Waals surface area contributed by atoms with Crippen LogP contribution in [-0.4, -0.2) is 6.18 Å². The summed E-state index contributed by atoms with van der Waals surface area (Å²) in [4.78, 5) is 0. The number of halogens is 4. The molecule has 0 amide bonds. The van der Waals surface area contributed by atoms with Gasteiger partial charge in [0.25, 0.3) is 0 Å². The van der Waals surface area contributed by atoms with Gasteiger partial charge in [-0.25, -0.2) is 4.39 Å². The molecule has 0 radical (unpaired) electrons. The van der Waals surface area contributed by atoms with Crippen molar-refractivity contribution in [1.82, 2.24) is 0 Å². The van der Waals surface area contributed by atoms with Crippen LogP contribution in [0.15, 0.2) is 12.4 Å². The van der Waals surface area contributed by atoms with Crippen LogP contribution in [0.4, 0.5) is 17.6 Å². The molecule has 0 atom stereocenters. The number of alkyl halides is 3. The maximum absolute atomic E-state index is 11.0. The molecule has 0 aromatic carbocycles. The van der Waals surface area contributed by atoms with Crippen LogP contribution >= 0.6 is 0 Å². The SMILES string of the molecule is F/C=C\CC(F)(F)F. The van der Waals surface area contributed by atoms with E-state index in [1.165, 1.54) is 0 Å². The van der Waals surface area contributed by atoms with Gasteiger partial charge in [0.2, 0.25) is 0 Å². The standard InChI is InChI=1S/C4H4F4/c5-3-1-2-4(6,7)8/h1,3H,2H2/b3-1-. The van der Waals surface area contributed by atoms with Crippen LogP contribution in [0.5, 0.6) is 0 Å². The van der Waals surface area contributed by atoms with Crippen LogP contribution in [0, 0.1) is 0 Å². The Morgan fingerprint density at radius 3 is 1.88 bits per heavy atom. The summed E-state index contributed by atoms with van der Waals surface area (Å²) in [6, 6.07) is 0. The van der Waals surface area contributed by atoms with E-state index in [4.69, 9.17) is 0 Å². The summed E-state index contributed by atoms with van der Waals surface area (Å²) in [5.74, 6) is 0. The first kappa shape index (κ1) is 7.46. The Hall–Kier alpha value is -0.540. The number of rotatable bonds is 1. The highest BCUT2D eigenvalue weighted by Gasteiger charge is 2.24. The Labute approximate surface area is 43.8 Å². The van der Waals surface area contributed by atoms with Crippen molar-refractivity contribution in [3.05, 3.63) is 12.4 Å². The van der Waals surface area contributed by atoms with Crippen LogP contribution in [0.1, 0.15) is 6.42 Å². The molecule has 0 fully saturated rings. The molecule has 0 aliphatic heterocycles. The van der Waals surface area contributed by atoms with Gasteiger partial charge in [-0.05, 0) is 6.08 Å². The minimum atomic E-state index is -4.28. The third-order valence-electron chi connectivity index (χ3n) is 0.438. The molecule has 48 valence electrons. The second kappa shape index (κ2) is 2.69. The van der Waals surface area contributed by atoms with Crippen LogP contribution in [0.2, 0.25) is 0 Å². The fourth-order valence-electron chi connectivity index (χ4n) is 0.178. The van der Waals surface area contributed by atoms with Gasteiger partial charge in [0.05, 0.1) is 12.8 Å². The normalized spacial score (nSPS) is 13.0. The highest BCUT2D eigenvalue weighted by atomic mass is 19.4. The molecular formula is C4H4F4. The summed E-state index contributed by atoms with van der Waals surface area (Å²) in [6.07, 6.45) is -5.17. The van der Waals surface area contributed by atoms with E-state index >= 15 is 0 Å². The van der Waals surface area contributed by atoms with Gasteiger partial charge in [-0.15, -0.1) is 0 Å². The summed E-state index contributed by atoms with van der Waals surface area (Å²) in [5.41, 5.74) is 0. The van der Waals surface area contributed by atoms with Crippen molar-refractivity contribution in [2.24, 2.45) is 0 Å². The lowest BCUT2D eigenvalue weighted by Crippen LogP contribution is -2.03. The van der Waals surface area contributed by atoms with Crippen molar-refractivity contribution in [3.8, 4) is 0 Å². The molecule has 0 aliphatic rings. The predicted octanol–water partition coefficient (Wildman–Crippen LogP) is 2.42. The third kappa shape index (κ3) is 5.46. The van der Waals surface area contributed by atoms with Crippen LogP contribution in [-0.2, 0) is 0 Å². The highest BCUT2D eigenvalue weighted by molar-refractivity contribution is 4.75. The highest BCUT2D eigenvalue weighted by Crippen LogP contribution is 2.19. The molecule has 0 heterocycles. The lowest BCUT2D eigenvalue weighted by Gasteiger charge is -1.98. The summed E-state index contributed by atoms with van der Waals surface area (Å²) in [5, 5.41) is 0. The molecule has 0 unspecified atom stereocenters. The molecule has 0 saturated carbocycles. The predicted molar refractivity (Wildman–Crippen MR) is 20.9 cm³/mol. The molecule has 0 saturated heterocycles. The fourth-order valence-corrected chi connectivity index (χ4v) is 0.178. The molecular weight excluding hydrogens is 124 g/mol. The lowest BCUT2D eigenvalue weighted by molar-refractivity contribution is -0.125. The first-order valence-electron chi connectivity index (χ1n) is 1.88. The molecule has 0 N–H and O–H groups in total. The van der Waals surface area contributed by atoms with Gasteiger partial charge in [-0.2, -0.15) is 13.2 Å². The minimum Gasteiger partial charge on any atom is -0.216 e. The smallest absolute Gasteiger partial charge is 0.216 e. The largest absolute Gasteiger partial charge is 0.392 e. The number of hydrogen-bond donors (Lipinski definition) is 0. The molecule has 0 aromatic rings. The monoisotopic (exact) mass is 128 g/mol. The van der Waals surface area contributed by atoms with Gasteiger partial charge in [-0.3, -0.25) is 0 Å². The Balaban J connectivity index is 3.39. The van der Waals surface area contributed by atoms with Crippen molar-refractivity contribution < 1.29 is 17.6 Å². The van der Waals surface area contributed by atoms with Gasteiger partial charge < -0.3 is 0 Å². The molecule has 0 spiro atoms. The van der Waals surface area contributed by atoms with E-state index < -0.39 is 12.6 Å². The van der Waals surface area contributed by atoms with Crippen LogP contribution in [0.25, 0.3) is 0 Å². The van der Waals surface area contributed by atoms with Crippen LogP contribution < -0.4 is 0 Å². The quantitative estimate of drug-likeness (QED) is 0.475. The Morgan fingerprint density at radius 1 is 1.25 bits per heavy atom. The number of allylic oxidation sites excluding steroid dienone is 1. The van der Waals surface area contributed by atoms with Gasteiger partial charge in [0.1, 0.15) is 0 Å². The Morgan fingerprint density at radius 2 is 1.75 bits per heavy atom. The van der Waals surface area contributed by atoms with Crippen molar-refractivity contribution in [2.75, 3.05) is 0 Å². The number of hydrogen-bond acceptors (Lipinski definition) is 0. The summed E-state index contributed by atoms with van der Waals surface area (Å²) in [6.45, 7) is 0. The van der Waals surface area contributed by atoms with E-state index in [1.807, 2.05) is 0 Å². The molecule has 0 rings (SSSR count). The van der Waals surface area contributed by atoms with Gasteiger partial charge in [-0.1, -0.05) is 0 Å². The van der Waals surface area contributed by atoms with Crippen LogP contribution in [0.3, 0.4) is 0 Å². The molecule has 0 aromatic heterocycles. The minimum absolute atomic E-state index is 0.118. The van der Waals surface area contributed by atoms with Gasteiger partial charge in [0.15, 0.2) is 0 Å². The molecule has 8 heavy (non-hydrogen) atoms. The average Bonchev–Trinajstić information content (AvgIpc) is 1.59. The van der Waals surface area contributed by atoms with Crippen molar-refractivity contribution in [2.45, 2.75) is 12.6 Å². The molecule has 4 heteroatoms. The maximum Gasteiger partial charge on any atom is 0.392 e. The zero-order valence-electron chi connectivity index (χ0n) is 3.87. The van der Waals surface area contributed by atoms with Crippen molar-refractivity contribution in [1.29, 1.82) is 0 Å². The van der Waals surface area contributed by atoms with E-state index in [1.54, 1.807) is 0 Å². The zero-order valence-corrected chi connectivity index (χ0v) is 3.87. The van der Waals surface area contributed by atoms with E-state index in [2.05, 4.69) is 0 Å². The summed E-state index contributed by atoms with van der Waals surface area (Å²) >= 11 is 0. The molecule has 0 bridgehead atoms. The summed E-state index contributed by atoms with van der Waals surface area (Å²) in [7, 11) is 0. The Kier molecular flexibility index (Phi) is 2.51.